The molecule has 0 aliphatic heterocycles. The van der Waals surface area contributed by atoms with Crippen molar-refractivity contribution in [2.45, 2.75) is 97.6 Å². The van der Waals surface area contributed by atoms with E-state index in [-0.39, 0.29) is 17.6 Å². The molecule has 0 bridgehead atoms. The van der Waals surface area contributed by atoms with Gasteiger partial charge in [0.25, 0.3) is 5.91 Å². The minimum absolute atomic E-state index is 0.0314. The quantitative estimate of drug-likeness (QED) is 0.297. The molecule has 0 unspecified atom stereocenters. The summed E-state index contributed by atoms with van der Waals surface area (Å²) in [6.45, 7) is 6.18. The predicted molar refractivity (Wildman–Crippen MR) is 156 cm³/mol. The average Bonchev–Trinajstić information content (AvgIpc) is 3.60. The van der Waals surface area contributed by atoms with E-state index in [4.69, 9.17) is 0 Å². The fourth-order valence-corrected chi connectivity index (χ4v) is 7.13. The van der Waals surface area contributed by atoms with Crippen molar-refractivity contribution in [3.8, 4) is 11.1 Å². The lowest BCUT2D eigenvalue weighted by molar-refractivity contribution is -0.121. The summed E-state index contributed by atoms with van der Waals surface area (Å²) in [6, 6.07) is 2.23. The fraction of sp³-hybridized carbons (Fsp3) is 0.581. The molecule has 5 rings (SSSR count). The Morgan fingerprint density at radius 1 is 1.07 bits per heavy atom. The zero-order chi connectivity index (χ0) is 28.9. The number of nitrogens with one attached hydrogen (secondary N) is 3. The van der Waals surface area contributed by atoms with Crippen LogP contribution in [0.3, 0.4) is 0 Å². The van der Waals surface area contributed by atoms with Gasteiger partial charge in [-0.3, -0.25) is 19.4 Å². The molecule has 3 aromatic heterocycles. The number of carbonyl (C=O) groups is 2. The Bertz CT molecular complexity index is 1320. The molecular formula is C31H42FN7O2. The summed E-state index contributed by atoms with van der Waals surface area (Å²) in [5.41, 5.74) is 3.36. The zero-order valence-corrected chi connectivity index (χ0v) is 24.4. The van der Waals surface area contributed by atoms with Crippen molar-refractivity contribution in [3.63, 3.8) is 0 Å². The van der Waals surface area contributed by atoms with Crippen LogP contribution in [-0.4, -0.2) is 42.8 Å². The van der Waals surface area contributed by atoms with Gasteiger partial charge in [0.15, 0.2) is 11.6 Å². The Kier molecular flexibility index (Phi) is 9.15. The van der Waals surface area contributed by atoms with E-state index in [0.717, 1.165) is 68.3 Å². The SMILES string of the molecule is CCn1nccc1C(=O)N[C@@H](C(=O)Nc1ncc(-c2c(C)n[nH]c2C)cc1F)C(C1CCCCC1)C1CCCCC1. The molecule has 3 aromatic rings. The standard InChI is InChI=1S/C31H42FN7O2/c1-4-39-25(15-16-34-39)30(40)35-28(27(21-11-7-5-8-12-21)22-13-9-6-10-14-22)31(41)36-29-24(32)17-23(18-33-29)26-19(2)37-38-20(26)3/h15-18,21-22,27-28H,4-14H2,1-3H3,(H,35,40)(H,37,38)(H,33,36,41)/t28-/m1/s1. The van der Waals surface area contributed by atoms with Crippen LogP contribution in [-0.2, 0) is 11.3 Å². The number of hydrogen-bond donors (Lipinski definition) is 3. The van der Waals surface area contributed by atoms with Gasteiger partial charge >= 0.3 is 0 Å². The molecule has 0 saturated heterocycles. The van der Waals surface area contributed by atoms with Crippen LogP contribution < -0.4 is 10.6 Å². The number of aryl methyl sites for hydroxylation is 3. The molecule has 41 heavy (non-hydrogen) atoms. The van der Waals surface area contributed by atoms with Crippen LogP contribution in [0.2, 0.25) is 0 Å². The second-order valence-electron chi connectivity index (χ2n) is 11.7. The maximum atomic E-state index is 15.4. The van der Waals surface area contributed by atoms with Crippen LogP contribution in [0.1, 0.15) is 93.0 Å². The number of aromatic amines is 1. The number of H-pyrrole nitrogens is 1. The zero-order valence-electron chi connectivity index (χ0n) is 24.4. The van der Waals surface area contributed by atoms with Crippen LogP contribution >= 0.6 is 0 Å². The van der Waals surface area contributed by atoms with Gasteiger partial charge in [-0.05, 0) is 50.7 Å². The average molecular weight is 564 g/mol. The van der Waals surface area contributed by atoms with E-state index in [0.29, 0.717) is 29.6 Å². The number of halogens is 1. The highest BCUT2D eigenvalue weighted by Gasteiger charge is 2.41. The van der Waals surface area contributed by atoms with Crippen LogP contribution in [0.25, 0.3) is 11.1 Å². The monoisotopic (exact) mass is 563 g/mol. The van der Waals surface area contributed by atoms with Gasteiger partial charge in [-0.15, -0.1) is 0 Å². The topological polar surface area (TPSA) is 118 Å². The number of anilines is 1. The summed E-state index contributed by atoms with van der Waals surface area (Å²) < 4.78 is 17.0. The summed E-state index contributed by atoms with van der Waals surface area (Å²) in [4.78, 5) is 32.0. The van der Waals surface area contributed by atoms with Crippen molar-refractivity contribution in [1.29, 1.82) is 0 Å². The van der Waals surface area contributed by atoms with Gasteiger partial charge in [-0.2, -0.15) is 10.2 Å². The lowest BCUT2D eigenvalue weighted by Crippen LogP contribution is -2.53. The number of carbonyl (C=O) groups excluding carboxylic acids is 2. The Morgan fingerprint density at radius 2 is 1.73 bits per heavy atom. The number of aromatic nitrogens is 5. The maximum Gasteiger partial charge on any atom is 0.270 e. The summed E-state index contributed by atoms with van der Waals surface area (Å²) >= 11 is 0. The highest BCUT2D eigenvalue weighted by Crippen LogP contribution is 2.42. The summed E-state index contributed by atoms with van der Waals surface area (Å²) in [6.07, 6.45) is 14.2. The van der Waals surface area contributed by atoms with Crippen molar-refractivity contribution in [2.75, 3.05) is 5.32 Å². The van der Waals surface area contributed by atoms with E-state index in [1.165, 1.54) is 18.9 Å². The first-order chi connectivity index (χ1) is 19.9. The number of hydrogen-bond acceptors (Lipinski definition) is 5. The third kappa shape index (κ3) is 6.36. The van der Waals surface area contributed by atoms with E-state index in [1.54, 1.807) is 23.1 Å². The molecule has 9 nitrogen and oxygen atoms in total. The number of rotatable bonds is 9. The molecule has 0 spiro atoms. The third-order valence-corrected chi connectivity index (χ3v) is 9.09. The molecule has 2 fully saturated rings. The predicted octanol–water partition coefficient (Wildman–Crippen LogP) is 5.96. The molecule has 2 aliphatic rings. The minimum atomic E-state index is -0.812. The third-order valence-electron chi connectivity index (χ3n) is 9.09. The van der Waals surface area contributed by atoms with E-state index in [9.17, 15) is 9.59 Å². The van der Waals surface area contributed by atoms with E-state index in [1.807, 2.05) is 20.8 Å². The first-order valence-corrected chi connectivity index (χ1v) is 15.2. The van der Waals surface area contributed by atoms with Gasteiger partial charge in [-0.25, -0.2) is 9.37 Å². The Labute approximate surface area is 241 Å². The van der Waals surface area contributed by atoms with E-state index >= 15 is 4.39 Å². The van der Waals surface area contributed by atoms with Gasteiger partial charge in [0.05, 0.1) is 5.69 Å². The van der Waals surface area contributed by atoms with E-state index in [2.05, 4.69) is 30.9 Å². The second-order valence-corrected chi connectivity index (χ2v) is 11.7. The first-order valence-electron chi connectivity index (χ1n) is 15.2. The highest BCUT2D eigenvalue weighted by atomic mass is 19.1. The van der Waals surface area contributed by atoms with Crippen molar-refractivity contribution >= 4 is 17.6 Å². The molecule has 2 amide bonds. The lowest BCUT2D eigenvalue weighted by Gasteiger charge is -2.41. The van der Waals surface area contributed by atoms with E-state index < -0.39 is 17.8 Å². The highest BCUT2D eigenvalue weighted by molar-refractivity contribution is 6.00. The number of amides is 2. The van der Waals surface area contributed by atoms with Crippen molar-refractivity contribution in [2.24, 2.45) is 17.8 Å². The molecule has 2 aliphatic carbocycles. The lowest BCUT2D eigenvalue weighted by atomic mass is 9.66. The molecule has 0 aromatic carbocycles. The van der Waals surface area contributed by atoms with Gasteiger partial charge in [-0.1, -0.05) is 64.2 Å². The van der Waals surface area contributed by atoms with Crippen molar-refractivity contribution in [3.05, 3.63) is 47.4 Å². The molecule has 1 atom stereocenters. The van der Waals surface area contributed by atoms with Crippen molar-refractivity contribution < 1.29 is 14.0 Å². The molecule has 220 valence electrons. The molecule has 10 heteroatoms. The van der Waals surface area contributed by atoms with Crippen molar-refractivity contribution in [1.82, 2.24) is 30.3 Å². The van der Waals surface area contributed by atoms with Crippen LogP contribution in [0, 0.1) is 37.4 Å². The first kappa shape index (κ1) is 29.0. The van der Waals surface area contributed by atoms with Gasteiger partial charge in [0.2, 0.25) is 5.91 Å². The Balaban J connectivity index is 1.46. The smallest absolute Gasteiger partial charge is 0.270 e. The van der Waals surface area contributed by atoms with Gasteiger partial charge < -0.3 is 10.6 Å². The Hall–Kier alpha value is -3.56. The van der Waals surface area contributed by atoms with Crippen LogP contribution in [0.5, 0.6) is 0 Å². The fourth-order valence-electron chi connectivity index (χ4n) is 7.13. The second kappa shape index (κ2) is 13.0. The molecule has 2 saturated carbocycles. The summed E-state index contributed by atoms with van der Waals surface area (Å²) in [5, 5.41) is 17.2. The Morgan fingerprint density at radius 3 is 2.29 bits per heavy atom. The molecule has 0 radical (unpaired) electrons. The largest absolute Gasteiger partial charge is 0.339 e. The number of pyridine rings is 1. The minimum Gasteiger partial charge on any atom is -0.339 e. The normalized spacial score (nSPS) is 17.5. The molecule has 3 heterocycles. The van der Waals surface area contributed by atoms with Crippen LogP contribution in [0.15, 0.2) is 24.5 Å². The number of nitrogens with zero attached hydrogens (tertiary/aromatic N) is 4. The van der Waals surface area contributed by atoms with Gasteiger partial charge in [0.1, 0.15) is 11.7 Å². The summed E-state index contributed by atoms with van der Waals surface area (Å²) in [7, 11) is 0. The summed E-state index contributed by atoms with van der Waals surface area (Å²) in [5.74, 6) is -0.903. The van der Waals surface area contributed by atoms with Gasteiger partial charge in [0, 0.05) is 35.8 Å². The maximum absolute atomic E-state index is 15.4. The van der Waals surface area contributed by atoms with Crippen LogP contribution in [0.4, 0.5) is 10.2 Å². The molecule has 3 N–H and O–H groups in total. The molecular weight excluding hydrogens is 521 g/mol.